The predicted octanol–water partition coefficient (Wildman–Crippen LogP) is 3.88. The Morgan fingerprint density at radius 2 is 1.85 bits per heavy atom. The van der Waals surface area contributed by atoms with Crippen LogP contribution in [0.25, 0.3) is 11.5 Å². The Bertz CT molecular complexity index is 864. The standard InChI is InChI=1S/C20H21N3O2S/c1-14-8-6-7-11-17(14)19-22-23-20(25-19)26-15(2)18(24)21-13-12-16-9-4-3-5-10-16/h3-11,15H,12-13H2,1-2H3,(H,21,24)/t15-/m1/s1. The molecule has 0 fully saturated rings. The van der Waals surface area contributed by atoms with Crippen molar-refractivity contribution in [2.45, 2.75) is 30.7 Å². The van der Waals surface area contributed by atoms with Crippen molar-refractivity contribution in [3.05, 3.63) is 65.7 Å². The van der Waals surface area contributed by atoms with Gasteiger partial charge in [0.25, 0.3) is 5.22 Å². The van der Waals surface area contributed by atoms with Crippen molar-refractivity contribution in [2.24, 2.45) is 0 Å². The van der Waals surface area contributed by atoms with Gasteiger partial charge in [-0.05, 0) is 37.5 Å². The van der Waals surface area contributed by atoms with E-state index in [-0.39, 0.29) is 11.2 Å². The molecule has 1 N–H and O–H groups in total. The fraction of sp³-hybridized carbons (Fsp3) is 0.250. The largest absolute Gasteiger partial charge is 0.411 e. The Kier molecular flexibility index (Phi) is 6.07. The Balaban J connectivity index is 1.52. The van der Waals surface area contributed by atoms with Gasteiger partial charge in [-0.25, -0.2) is 0 Å². The Morgan fingerprint density at radius 1 is 1.12 bits per heavy atom. The van der Waals surface area contributed by atoms with Crippen LogP contribution in [0.5, 0.6) is 0 Å². The third-order valence-electron chi connectivity index (χ3n) is 3.98. The maximum Gasteiger partial charge on any atom is 0.277 e. The normalized spacial score (nSPS) is 11.9. The fourth-order valence-corrected chi connectivity index (χ4v) is 3.21. The molecule has 1 amide bonds. The van der Waals surface area contributed by atoms with Gasteiger partial charge in [-0.3, -0.25) is 4.79 Å². The van der Waals surface area contributed by atoms with Gasteiger partial charge in [0.2, 0.25) is 11.8 Å². The average molecular weight is 367 g/mol. The van der Waals surface area contributed by atoms with Crippen LogP contribution in [0.3, 0.4) is 0 Å². The lowest BCUT2D eigenvalue weighted by atomic mass is 10.1. The summed E-state index contributed by atoms with van der Waals surface area (Å²) in [5.41, 5.74) is 3.18. The maximum atomic E-state index is 12.2. The van der Waals surface area contributed by atoms with Crippen LogP contribution in [-0.4, -0.2) is 27.9 Å². The number of carbonyl (C=O) groups is 1. The number of hydrogen-bond donors (Lipinski definition) is 1. The second-order valence-electron chi connectivity index (χ2n) is 5.97. The molecule has 3 aromatic rings. The SMILES string of the molecule is Cc1ccccc1-c1nnc(S[C@H](C)C(=O)NCCc2ccccc2)o1. The fourth-order valence-electron chi connectivity index (χ4n) is 2.50. The molecule has 1 heterocycles. The molecular formula is C20H21N3O2S. The van der Waals surface area contributed by atoms with Crippen molar-refractivity contribution in [2.75, 3.05) is 6.54 Å². The van der Waals surface area contributed by atoms with E-state index in [0.29, 0.717) is 17.7 Å². The van der Waals surface area contributed by atoms with Crippen LogP contribution in [-0.2, 0) is 11.2 Å². The minimum absolute atomic E-state index is 0.0402. The summed E-state index contributed by atoms with van der Waals surface area (Å²) < 4.78 is 5.71. The van der Waals surface area contributed by atoms with Crippen LogP contribution in [0.2, 0.25) is 0 Å². The number of aryl methyl sites for hydroxylation is 1. The van der Waals surface area contributed by atoms with Gasteiger partial charge in [0, 0.05) is 12.1 Å². The molecule has 0 spiro atoms. The third kappa shape index (κ3) is 4.73. The number of benzene rings is 2. The van der Waals surface area contributed by atoms with E-state index in [4.69, 9.17) is 4.42 Å². The minimum Gasteiger partial charge on any atom is -0.411 e. The number of carbonyl (C=O) groups excluding carboxylic acids is 1. The van der Waals surface area contributed by atoms with Crippen molar-refractivity contribution in [3.8, 4) is 11.5 Å². The van der Waals surface area contributed by atoms with Gasteiger partial charge < -0.3 is 9.73 Å². The molecule has 1 aromatic heterocycles. The zero-order chi connectivity index (χ0) is 18.4. The zero-order valence-electron chi connectivity index (χ0n) is 14.8. The average Bonchev–Trinajstić information content (AvgIpc) is 3.11. The summed E-state index contributed by atoms with van der Waals surface area (Å²) in [4.78, 5) is 12.2. The lowest BCUT2D eigenvalue weighted by molar-refractivity contribution is -0.120. The van der Waals surface area contributed by atoms with E-state index in [1.807, 2.05) is 56.3 Å². The van der Waals surface area contributed by atoms with E-state index in [0.717, 1.165) is 17.5 Å². The summed E-state index contributed by atoms with van der Waals surface area (Å²) >= 11 is 1.27. The van der Waals surface area contributed by atoms with Gasteiger partial charge >= 0.3 is 0 Å². The van der Waals surface area contributed by atoms with E-state index in [1.165, 1.54) is 17.3 Å². The molecular weight excluding hydrogens is 346 g/mol. The summed E-state index contributed by atoms with van der Waals surface area (Å²) in [7, 11) is 0. The Labute approximate surface area is 157 Å². The highest BCUT2D eigenvalue weighted by Crippen LogP contribution is 2.27. The van der Waals surface area contributed by atoms with Crippen LogP contribution in [0.15, 0.2) is 64.2 Å². The van der Waals surface area contributed by atoms with Gasteiger partial charge in [0.05, 0.1) is 5.25 Å². The maximum absolute atomic E-state index is 12.2. The molecule has 2 aromatic carbocycles. The quantitative estimate of drug-likeness (QED) is 0.642. The van der Waals surface area contributed by atoms with Gasteiger partial charge in [-0.2, -0.15) is 0 Å². The summed E-state index contributed by atoms with van der Waals surface area (Å²) in [5, 5.41) is 11.2. The number of nitrogens with zero attached hydrogens (tertiary/aromatic N) is 2. The lowest BCUT2D eigenvalue weighted by Crippen LogP contribution is -2.32. The van der Waals surface area contributed by atoms with E-state index in [2.05, 4.69) is 27.6 Å². The Morgan fingerprint density at radius 3 is 2.62 bits per heavy atom. The molecule has 5 nitrogen and oxygen atoms in total. The van der Waals surface area contributed by atoms with Crippen molar-refractivity contribution in [3.63, 3.8) is 0 Å². The molecule has 0 aliphatic carbocycles. The van der Waals surface area contributed by atoms with Gasteiger partial charge in [-0.15, -0.1) is 10.2 Å². The molecule has 0 aliphatic rings. The van der Waals surface area contributed by atoms with Gasteiger partial charge in [-0.1, -0.05) is 60.3 Å². The molecule has 0 radical (unpaired) electrons. The van der Waals surface area contributed by atoms with Crippen molar-refractivity contribution < 1.29 is 9.21 Å². The van der Waals surface area contributed by atoms with Crippen molar-refractivity contribution >= 4 is 17.7 Å². The monoisotopic (exact) mass is 367 g/mol. The highest BCUT2D eigenvalue weighted by atomic mass is 32.2. The van der Waals surface area contributed by atoms with Crippen LogP contribution in [0.1, 0.15) is 18.1 Å². The smallest absolute Gasteiger partial charge is 0.277 e. The predicted molar refractivity (Wildman–Crippen MR) is 103 cm³/mol. The van der Waals surface area contributed by atoms with Crippen LogP contribution >= 0.6 is 11.8 Å². The van der Waals surface area contributed by atoms with Gasteiger partial charge in [0.15, 0.2) is 0 Å². The molecule has 0 aliphatic heterocycles. The second-order valence-corrected chi connectivity index (χ2v) is 7.27. The molecule has 134 valence electrons. The van der Waals surface area contributed by atoms with E-state index >= 15 is 0 Å². The third-order valence-corrected chi connectivity index (χ3v) is 4.92. The number of thioether (sulfide) groups is 1. The summed E-state index contributed by atoms with van der Waals surface area (Å²) in [6.07, 6.45) is 0.807. The zero-order valence-corrected chi connectivity index (χ0v) is 15.6. The number of hydrogen-bond acceptors (Lipinski definition) is 5. The van der Waals surface area contributed by atoms with E-state index in [1.54, 1.807) is 0 Å². The van der Waals surface area contributed by atoms with Gasteiger partial charge in [0.1, 0.15) is 0 Å². The molecule has 0 saturated carbocycles. The lowest BCUT2D eigenvalue weighted by Gasteiger charge is -2.09. The minimum atomic E-state index is -0.309. The first kappa shape index (κ1) is 18.2. The molecule has 1 atom stereocenters. The number of aromatic nitrogens is 2. The highest BCUT2D eigenvalue weighted by molar-refractivity contribution is 8.00. The highest BCUT2D eigenvalue weighted by Gasteiger charge is 2.18. The molecule has 0 bridgehead atoms. The first-order chi connectivity index (χ1) is 12.6. The van der Waals surface area contributed by atoms with E-state index < -0.39 is 0 Å². The second kappa shape index (κ2) is 8.67. The molecule has 0 unspecified atom stereocenters. The van der Waals surface area contributed by atoms with Crippen molar-refractivity contribution in [1.29, 1.82) is 0 Å². The van der Waals surface area contributed by atoms with Crippen molar-refractivity contribution in [1.82, 2.24) is 15.5 Å². The summed E-state index contributed by atoms with van der Waals surface area (Å²) in [6.45, 7) is 4.43. The molecule has 26 heavy (non-hydrogen) atoms. The number of rotatable bonds is 7. The summed E-state index contributed by atoms with van der Waals surface area (Å²) in [5.74, 6) is 0.434. The summed E-state index contributed by atoms with van der Waals surface area (Å²) in [6, 6.07) is 17.9. The van der Waals surface area contributed by atoms with Crippen LogP contribution in [0, 0.1) is 6.92 Å². The first-order valence-corrected chi connectivity index (χ1v) is 9.39. The van der Waals surface area contributed by atoms with Crippen LogP contribution in [0.4, 0.5) is 0 Å². The topological polar surface area (TPSA) is 68.0 Å². The molecule has 3 rings (SSSR count). The van der Waals surface area contributed by atoms with Crippen LogP contribution < -0.4 is 5.32 Å². The number of amides is 1. The molecule has 6 heteroatoms. The molecule has 0 saturated heterocycles. The Hall–Kier alpha value is -2.60. The van der Waals surface area contributed by atoms with E-state index in [9.17, 15) is 4.79 Å². The first-order valence-electron chi connectivity index (χ1n) is 8.51. The number of nitrogens with one attached hydrogen (secondary N) is 1.